The van der Waals surface area contributed by atoms with E-state index in [1.54, 1.807) is 24.3 Å². The maximum atomic E-state index is 12.2. The molecule has 0 saturated heterocycles. The van der Waals surface area contributed by atoms with Crippen LogP contribution in [0.1, 0.15) is 48.4 Å². The Hall–Kier alpha value is -1.68. The molecule has 108 valence electrons. The monoisotopic (exact) mass is 274 g/mol. The van der Waals surface area contributed by atoms with Crippen molar-refractivity contribution in [1.82, 2.24) is 9.80 Å². The molecule has 0 fully saturated rings. The summed E-state index contributed by atoms with van der Waals surface area (Å²) in [5.74, 6) is -0.337. The van der Waals surface area contributed by atoms with Crippen LogP contribution in [-0.4, -0.2) is 46.8 Å². The Morgan fingerprint density at radius 1 is 0.950 bits per heavy atom. The van der Waals surface area contributed by atoms with Crippen LogP contribution in [0.5, 0.6) is 0 Å². The molecule has 0 aromatic heterocycles. The molecule has 1 aliphatic rings. The number of hydrogen-bond acceptors (Lipinski definition) is 3. The third kappa shape index (κ3) is 2.61. The predicted molar refractivity (Wildman–Crippen MR) is 78.8 cm³/mol. The van der Waals surface area contributed by atoms with E-state index in [0.717, 1.165) is 0 Å². The van der Waals surface area contributed by atoms with Crippen molar-refractivity contribution in [2.24, 2.45) is 0 Å². The summed E-state index contributed by atoms with van der Waals surface area (Å²) < 4.78 is 0. The number of hydrogen-bond donors (Lipinski definition) is 0. The Labute approximate surface area is 120 Å². The lowest BCUT2D eigenvalue weighted by Gasteiger charge is -2.31. The van der Waals surface area contributed by atoms with Crippen LogP contribution in [0.25, 0.3) is 0 Å². The highest BCUT2D eigenvalue weighted by Gasteiger charge is 2.35. The second-order valence-corrected chi connectivity index (χ2v) is 5.73. The summed E-state index contributed by atoms with van der Waals surface area (Å²) in [6, 6.07) is 7.82. The Kier molecular flexibility index (Phi) is 4.23. The standard InChI is InChI=1S/C16H22N2O2/c1-11(2)17(12(3)4)9-10-18-15(19)13-7-5-6-8-14(13)16(18)20/h5-8,11-12H,9-10H2,1-4H3. The SMILES string of the molecule is CC(C)N(CCN1C(=O)c2ccccc2C1=O)C(C)C. The summed E-state index contributed by atoms with van der Waals surface area (Å²) in [6.45, 7) is 9.67. The number of rotatable bonds is 5. The van der Waals surface area contributed by atoms with Gasteiger partial charge in [0, 0.05) is 25.2 Å². The first-order valence-corrected chi connectivity index (χ1v) is 7.14. The molecule has 0 spiro atoms. The van der Waals surface area contributed by atoms with Crippen LogP contribution in [0.3, 0.4) is 0 Å². The van der Waals surface area contributed by atoms with Crippen LogP contribution < -0.4 is 0 Å². The number of amides is 2. The molecule has 0 bridgehead atoms. The topological polar surface area (TPSA) is 40.6 Å². The summed E-state index contributed by atoms with van der Waals surface area (Å²) in [6.07, 6.45) is 0. The molecule has 4 nitrogen and oxygen atoms in total. The van der Waals surface area contributed by atoms with Gasteiger partial charge in [-0.1, -0.05) is 12.1 Å². The average molecular weight is 274 g/mol. The first-order valence-electron chi connectivity index (χ1n) is 7.14. The zero-order chi connectivity index (χ0) is 14.9. The van der Waals surface area contributed by atoms with E-state index in [0.29, 0.717) is 36.3 Å². The summed E-state index contributed by atoms with van der Waals surface area (Å²) in [7, 11) is 0. The number of carbonyl (C=O) groups is 2. The van der Waals surface area contributed by atoms with Gasteiger partial charge in [-0.15, -0.1) is 0 Å². The summed E-state index contributed by atoms with van der Waals surface area (Å²) in [5.41, 5.74) is 1.05. The molecule has 0 aliphatic carbocycles. The minimum absolute atomic E-state index is 0.168. The van der Waals surface area contributed by atoms with Gasteiger partial charge in [-0.2, -0.15) is 0 Å². The Bertz CT molecular complexity index is 480. The van der Waals surface area contributed by atoms with Gasteiger partial charge in [0.2, 0.25) is 0 Å². The second-order valence-electron chi connectivity index (χ2n) is 5.73. The molecule has 1 heterocycles. The predicted octanol–water partition coefficient (Wildman–Crippen LogP) is 2.40. The summed E-state index contributed by atoms with van der Waals surface area (Å²) >= 11 is 0. The number of carbonyl (C=O) groups excluding carboxylic acids is 2. The minimum Gasteiger partial charge on any atom is -0.297 e. The highest BCUT2D eigenvalue weighted by Crippen LogP contribution is 2.22. The molecule has 2 rings (SSSR count). The molecular weight excluding hydrogens is 252 g/mol. The normalized spacial score (nSPS) is 14.8. The van der Waals surface area contributed by atoms with E-state index in [1.807, 2.05) is 0 Å². The van der Waals surface area contributed by atoms with E-state index in [-0.39, 0.29) is 11.8 Å². The fraction of sp³-hybridized carbons (Fsp3) is 0.500. The minimum atomic E-state index is -0.168. The fourth-order valence-electron chi connectivity index (χ4n) is 2.77. The first-order chi connectivity index (χ1) is 9.43. The van der Waals surface area contributed by atoms with Crippen LogP contribution in [0, 0.1) is 0 Å². The maximum Gasteiger partial charge on any atom is 0.261 e. The van der Waals surface area contributed by atoms with Gasteiger partial charge < -0.3 is 0 Å². The molecule has 2 amide bonds. The number of nitrogens with zero attached hydrogens (tertiary/aromatic N) is 2. The molecule has 1 aromatic carbocycles. The second kappa shape index (κ2) is 5.75. The molecule has 0 saturated carbocycles. The fourth-order valence-corrected chi connectivity index (χ4v) is 2.77. The van der Waals surface area contributed by atoms with Gasteiger partial charge in [-0.25, -0.2) is 0 Å². The smallest absolute Gasteiger partial charge is 0.261 e. The van der Waals surface area contributed by atoms with Gasteiger partial charge in [0.1, 0.15) is 0 Å². The van der Waals surface area contributed by atoms with Gasteiger partial charge in [-0.05, 0) is 39.8 Å². The zero-order valence-electron chi connectivity index (χ0n) is 12.6. The average Bonchev–Trinajstić information content (AvgIpc) is 2.63. The Morgan fingerprint density at radius 2 is 1.40 bits per heavy atom. The highest BCUT2D eigenvalue weighted by atomic mass is 16.2. The summed E-state index contributed by atoms with van der Waals surface area (Å²) in [5, 5.41) is 0. The lowest BCUT2D eigenvalue weighted by Crippen LogP contribution is -2.44. The molecule has 0 unspecified atom stereocenters. The Morgan fingerprint density at radius 3 is 1.80 bits per heavy atom. The molecule has 20 heavy (non-hydrogen) atoms. The van der Waals surface area contributed by atoms with Gasteiger partial charge in [-0.3, -0.25) is 19.4 Å². The number of fused-ring (bicyclic) bond motifs is 1. The van der Waals surface area contributed by atoms with Crippen molar-refractivity contribution in [3.8, 4) is 0 Å². The van der Waals surface area contributed by atoms with Crippen molar-refractivity contribution in [2.75, 3.05) is 13.1 Å². The van der Waals surface area contributed by atoms with E-state index >= 15 is 0 Å². The molecule has 0 N–H and O–H groups in total. The Balaban J connectivity index is 2.09. The van der Waals surface area contributed by atoms with Crippen molar-refractivity contribution in [2.45, 2.75) is 39.8 Å². The molecule has 1 aromatic rings. The number of imide groups is 1. The zero-order valence-corrected chi connectivity index (χ0v) is 12.6. The molecule has 0 atom stereocenters. The van der Waals surface area contributed by atoms with Crippen molar-refractivity contribution in [3.05, 3.63) is 35.4 Å². The van der Waals surface area contributed by atoms with Crippen LogP contribution in [0.2, 0.25) is 0 Å². The van der Waals surface area contributed by atoms with Crippen LogP contribution in [-0.2, 0) is 0 Å². The van der Waals surface area contributed by atoms with Crippen molar-refractivity contribution in [1.29, 1.82) is 0 Å². The third-order valence-electron chi connectivity index (χ3n) is 3.79. The molecule has 0 radical (unpaired) electrons. The van der Waals surface area contributed by atoms with Gasteiger partial charge in [0.05, 0.1) is 11.1 Å². The maximum absolute atomic E-state index is 12.2. The van der Waals surface area contributed by atoms with Crippen molar-refractivity contribution in [3.63, 3.8) is 0 Å². The van der Waals surface area contributed by atoms with Gasteiger partial charge in [0.15, 0.2) is 0 Å². The lowest BCUT2D eigenvalue weighted by atomic mass is 10.1. The number of benzene rings is 1. The van der Waals surface area contributed by atoms with Crippen molar-refractivity contribution < 1.29 is 9.59 Å². The van der Waals surface area contributed by atoms with E-state index in [4.69, 9.17) is 0 Å². The van der Waals surface area contributed by atoms with Gasteiger partial charge >= 0.3 is 0 Å². The molecular formula is C16H22N2O2. The third-order valence-corrected chi connectivity index (χ3v) is 3.79. The molecule has 1 aliphatic heterocycles. The van der Waals surface area contributed by atoms with Crippen LogP contribution in [0.15, 0.2) is 24.3 Å². The molecule has 4 heteroatoms. The van der Waals surface area contributed by atoms with E-state index < -0.39 is 0 Å². The van der Waals surface area contributed by atoms with E-state index in [1.165, 1.54) is 4.90 Å². The summed E-state index contributed by atoms with van der Waals surface area (Å²) in [4.78, 5) is 28.1. The van der Waals surface area contributed by atoms with E-state index in [9.17, 15) is 9.59 Å². The van der Waals surface area contributed by atoms with Crippen molar-refractivity contribution >= 4 is 11.8 Å². The lowest BCUT2D eigenvalue weighted by molar-refractivity contribution is 0.0614. The highest BCUT2D eigenvalue weighted by molar-refractivity contribution is 6.21. The van der Waals surface area contributed by atoms with Crippen LogP contribution >= 0.6 is 0 Å². The largest absolute Gasteiger partial charge is 0.297 e. The van der Waals surface area contributed by atoms with E-state index in [2.05, 4.69) is 32.6 Å². The van der Waals surface area contributed by atoms with Gasteiger partial charge in [0.25, 0.3) is 11.8 Å². The quantitative estimate of drug-likeness (QED) is 0.774. The van der Waals surface area contributed by atoms with Crippen LogP contribution in [0.4, 0.5) is 0 Å². The first kappa shape index (κ1) is 14.7.